The van der Waals surface area contributed by atoms with Gasteiger partial charge in [-0.05, 0) is 24.5 Å². The number of hydrogen-bond donors (Lipinski definition) is 0. The number of ether oxygens (including phenoxy) is 1. The van der Waals surface area contributed by atoms with E-state index in [1.54, 1.807) is 11.3 Å². The fourth-order valence-corrected chi connectivity index (χ4v) is 2.42. The lowest BCUT2D eigenvalue weighted by Gasteiger charge is -2.12. The van der Waals surface area contributed by atoms with E-state index in [0.29, 0.717) is 12.5 Å². The third-order valence-corrected chi connectivity index (χ3v) is 3.47. The average Bonchev–Trinajstić information content (AvgIpc) is 2.73. The Hall–Kier alpha value is -1.35. The monoisotopic (exact) mass is 247 g/mol. The van der Waals surface area contributed by atoms with E-state index in [4.69, 9.17) is 4.74 Å². The Kier molecular flexibility index (Phi) is 3.79. The zero-order chi connectivity index (χ0) is 12.3. The van der Waals surface area contributed by atoms with Crippen LogP contribution in [0.4, 0.5) is 0 Å². The first-order valence-corrected chi connectivity index (χ1v) is 6.61. The largest absolute Gasteiger partial charge is 0.488 e. The number of thiazole rings is 1. The molecule has 0 aliphatic carbocycles. The predicted molar refractivity (Wildman–Crippen MR) is 71.7 cm³/mol. The molecule has 2 aromatic rings. The molecule has 1 heterocycles. The number of aromatic nitrogens is 1. The molecule has 0 radical (unpaired) electrons. The number of aryl methyl sites for hydroxylation is 1. The molecule has 0 fully saturated rings. The molecule has 1 aromatic carbocycles. The normalized spacial score (nSPS) is 10.8. The van der Waals surface area contributed by atoms with Gasteiger partial charge in [0.15, 0.2) is 0 Å². The predicted octanol–water partition coefficient (Wildman–Crippen LogP) is 4.15. The van der Waals surface area contributed by atoms with Crippen LogP contribution < -0.4 is 4.74 Å². The van der Waals surface area contributed by atoms with E-state index in [2.05, 4.69) is 31.0 Å². The minimum atomic E-state index is 0.481. The Morgan fingerprint density at radius 1 is 1.29 bits per heavy atom. The van der Waals surface area contributed by atoms with Gasteiger partial charge in [0.2, 0.25) is 0 Å². The molecule has 0 aliphatic heterocycles. The first-order valence-electron chi connectivity index (χ1n) is 5.80. The highest BCUT2D eigenvalue weighted by molar-refractivity contribution is 7.11. The summed E-state index contributed by atoms with van der Waals surface area (Å²) in [5.41, 5.74) is 1.26. The van der Waals surface area contributed by atoms with Crippen LogP contribution in [-0.2, 0) is 6.61 Å². The lowest BCUT2D eigenvalue weighted by atomic mass is 10.0. The maximum atomic E-state index is 5.87. The van der Waals surface area contributed by atoms with Gasteiger partial charge >= 0.3 is 0 Å². The van der Waals surface area contributed by atoms with Crippen LogP contribution in [0.25, 0.3) is 0 Å². The number of hydrogen-bond acceptors (Lipinski definition) is 3. The van der Waals surface area contributed by atoms with Crippen LogP contribution in [0, 0.1) is 6.92 Å². The molecule has 0 atom stereocenters. The lowest BCUT2D eigenvalue weighted by molar-refractivity contribution is 0.305. The molecule has 2 nitrogen and oxygen atoms in total. The van der Waals surface area contributed by atoms with E-state index in [1.165, 1.54) is 10.4 Å². The van der Waals surface area contributed by atoms with Crippen LogP contribution in [0.15, 0.2) is 30.5 Å². The maximum Gasteiger partial charge on any atom is 0.124 e. The van der Waals surface area contributed by atoms with E-state index in [9.17, 15) is 0 Å². The lowest BCUT2D eigenvalue weighted by Crippen LogP contribution is -1.98. The molecule has 3 heteroatoms. The van der Waals surface area contributed by atoms with Gasteiger partial charge in [0.25, 0.3) is 0 Å². The van der Waals surface area contributed by atoms with Gasteiger partial charge in [-0.15, -0.1) is 11.3 Å². The standard InChI is InChI=1S/C14H17NOS/c1-10(2)13-6-4-5-7-14(13)16-9-12-8-15-11(3)17-12/h4-8,10H,9H2,1-3H3. The van der Waals surface area contributed by atoms with Crippen LogP contribution >= 0.6 is 11.3 Å². The average molecular weight is 247 g/mol. The molecule has 0 saturated heterocycles. The molecule has 1 aromatic heterocycles. The number of rotatable bonds is 4. The van der Waals surface area contributed by atoms with Gasteiger partial charge in [0, 0.05) is 6.20 Å². The number of nitrogens with zero attached hydrogens (tertiary/aromatic N) is 1. The summed E-state index contributed by atoms with van der Waals surface area (Å²) in [6, 6.07) is 8.22. The summed E-state index contributed by atoms with van der Waals surface area (Å²) in [7, 11) is 0. The van der Waals surface area contributed by atoms with Gasteiger partial charge in [-0.3, -0.25) is 0 Å². The van der Waals surface area contributed by atoms with E-state index in [1.807, 2.05) is 25.3 Å². The van der Waals surface area contributed by atoms with Crippen molar-refractivity contribution in [3.05, 3.63) is 45.9 Å². The summed E-state index contributed by atoms with van der Waals surface area (Å²) in [6.07, 6.45) is 1.89. The molecule has 0 N–H and O–H groups in total. The highest BCUT2D eigenvalue weighted by Crippen LogP contribution is 2.27. The van der Waals surface area contributed by atoms with Crippen molar-refractivity contribution < 1.29 is 4.74 Å². The highest BCUT2D eigenvalue weighted by atomic mass is 32.1. The SMILES string of the molecule is Cc1ncc(COc2ccccc2C(C)C)s1. The van der Waals surface area contributed by atoms with Gasteiger partial charge in [0.1, 0.15) is 12.4 Å². The molecule has 0 spiro atoms. The Morgan fingerprint density at radius 3 is 2.71 bits per heavy atom. The minimum absolute atomic E-state index is 0.481. The second-order valence-electron chi connectivity index (χ2n) is 4.33. The van der Waals surface area contributed by atoms with Crippen molar-refractivity contribution in [2.45, 2.75) is 33.3 Å². The highest BCUT2D eigenvalue weighted by Gasteiger charge is 2.07. The van der Waals surface area contributed by atoms with Crippen molar-refractivity contribution in [3.8, 4) is 5.75 Å². The molecule has 17 heavy (non-hydrogen) atoms. The Balaban J connectivity index is 2.08. The Bertz CT molecular complexity index is 490. The smallest absolute Gasteiger partial charge is 0.124 e. The molecule has 0 amide bonds. The summed E-state index contributed by atoms with van der Waals surface area (Å²) in [4.78, 5) is 5.39. The van der Waals surface area contributed by atoms with Crippen molar-refractivity contribution in [2.24, 2.45) is 0 Å². The molecule has 90 valence electrons. The molecule has 0 bridgehead atoms. The van der Waals surface area contributed by atoms with Crippen molar-refractivity contribution in [1.29, 1.82) is 0 Å². The third-order valence-electron chi connectivity index (χ3n) is 2.58. The topological polar surface area (TPSA) is 22.1 Å². The van der Waals surface area contributed by atoms with E-state index in [-0.39, 0.29) is 0 Å². The zero-order valence-corrected chi connectivity index (χ0v) is 11.3. The van der Waals surface area contributed by atoms with Crippen molar-refractivity contribution >= 4 is 11.3 Å². The fourth-order valence-electron chi connectivity index (χ4n) is 1.71. The van der Waals surface area contributed by atoms with Crippen LogP contribution in [0.2, 0.25) is 0 Å². The first kappa shape index (κ1) is 12.1. The summed E-state index contributed by atoms with van der Waals surface area (Å²) >= 11 is 1.69. The maximum absolute atomic E-state index is 5.87. The van der Waals surface area contributed by atoms with Crippen molar-refractivity contribution in [3.63, 3.8) is 0 Å². The van der Waals surface area contributed by atoms with Gasteiger partial charge in [-0.2, -0.15) is 0 Å². The van der Waals surface area contributed by atoms with Crippen LogP contribution in [0.5, 0.6) is 5.75 Å². The molecule has 2 rings (SSSR count). The van der Waals surface area contributed by atoms with E-state index >= 15 is 0 Å². The van der Waals surface area contributed by atoms with Crippen LogP contribution in [0.1, 0.15) is 35.2 Å². The van der Waals surface area contributed by atoms with E-state index in [0.717, 1.165) is 10.8 Å². The molecule has 0 aliphatic rings. The van der Waals surface area contributed by atoms with Crippen molar-refractivity contribution in [2.75, 3.05) is 0 Å². The quantitative estimate of drug-likeness (QED) is 0.809. The third kappa shape index (κ3) is 3.07. The molecular formula is C14H17NOS. The number of para-hydroxylation sites is 1. The Labute approximate surface area is 106 Å². The molecule has 0 unspecified atom stereocenters. The second kappa shape index (κ2) is 5.32. The molecule has 0 saturated carbocycles. The van der Waals surface area contributed by atoms with Crippen molar-refractivity contribution in [1.82, 2.24) is 4.98 Å². The first-order chi connectivity index (χ1) is 8.16. The minimum Gasteiger partial charge on any atom is -0.488 e. The van der Waals surface area contributed by atoms with E-state index < -0.39 is 0 Å². The summed E-state index contributed by atoms with van der Waals surface area (Å²) in [5.74, 6) is 1.46. The second-order valence-corrected chi connectivity index (χ2v) is 5.65. The zero-order valence-electron chi connectivity index (χ0n) is 10.4. The van der Waals surface area contributed by atoms with Gasteiger partial charge in [0.05, 0.1) is 9.88 Å². The summed E-state index contributed by atoms with van der Waals surface area (Å²) < 4.78 is 5.87. The van der Waals surface area contributed by atoms with Crippen LogP contribution in [0.3, 0.4) is 0 Å². The van der Waals surface area contributed by atoms with Gasteiger partial charge in [-0.1, -0.05) is 32.0 Å². The fraction of sp³-hybridized carbons (Fsp3) is 0.357. The summed E-state index contributed by atoms with van der Waals surface area (Å²) in [5, 5.41) is 1.08. The Morgan fingerprint density at radius 2 is 2.06 bits per heavy atom. The summed E-state index contributed by atoms with van der Waals surface area (Å²) in [6.45, 7) is 6.98. The van der Waals surface area contributed by atoms with Gasteiger partial charge in [-0.25, -0.2) is 4.98 Å². The van der Waals surface area contributed by atoms with Crippen LogP contribution in [-0.4, -0.2) is 4.98 Å². The molecular weight excluding hydrogens is 230 g/mol. The number of benzene rings is 1. The van der Waals surface area contributed by atoms with Gasteiger partial charge < -0.3 is 4.74 Å².